The van der Waals surface area contributed by atoms with E-state index in [1.807, 2.05) is 0 Å². The lowest BCUT2D eigenvalue weighted by molar-refractivity contribution is -0.119. The van der Waals surface area contributed by atoms with Gasteiger partial charge in [-0.25, -0.2) is 17.2 Å². The number of hydrogen-bond acceptors (Lipinski definition) is 11. The standard InChI is InChI=1S/C26H23F4N7O5S/c27-20(28)23-34-32-21(41-23)15-3-1-14(2-4-15)12-37-18-11-16(5-6-19(18)43(39,40)13-17(31)24(37)38)22-33-35-25(42-22)36-9-7-26(29,30)8-10-36/h1-6,11,17,20H,7-10,12-13,31H2/t17-/m0/s1. The van der Waals surface area contributed by atoms with Crippen LogP contribution in [0.5, 0.6) is 0 Å². The Kier molecular flexibility index (Phi) is 7.16. The third kappa shape index (κ3) is 5.69. The lowest BCUT2D eigenvalue weighted by atomic mass is 10.1. The number of anilines is 2. The van der Waals surface area contributed by atoms with Crippen molar-refractivity contribution in [2.24, 2.45) is 5.73 Å². The number of nitrogens with zero attached hydrogens (tertiary/aromatic N) is 6. The third-order valence-corrected chi connectivity index (χ3v) is 8.98. The van der Waals surface area contributed by atoms with Gasteiger partial charge in [0.1, 0.15) is 0 Å². The van der Waals surface area contributed by atoms with Crippen molar-refractivity contribution in [3.05, 3.63) is 53.9 Å². The Hall–Kier alpha value is -4.38. The number of hydrogen-bond donors (Lipinski definition) is 1. The fraction of sp³-hybridized carbons (Fsp3) is 0.346. The molecule has 2 N–H and O–H groups in total. The van der Waals surface area contributed by atoms with Crippen LogP contribution in [0.2, 0.25) is 0 Å². The Morgan fingerprint density at radius 2 is 1.60 bits per heavy atom. The predicted molar refractivity (Wildman–Crippen MR) is 142 cm³/mol. The highest BCUT2D eigenvalue weighted by Gasteiger charge is 2.38. The van der Waals surface area contributed by atoms with E-state index in [0.29, 0.717) is 16.7 Å². The van der Waals surface area contributed by atoms with E-state index in [4.69, 9.17) is 14.6 Å². The fourth-order valence-electron chi connectivity index (χ4n) is 4.86. The van der Waals surface area contributed by atoms with Gasteiger partial charge in [-0.1, -0.05) is 17.2 Å². The van der Waals surface area contributed by atoms with E-state index >= 15 is 0 Å². The van der Waals surface area contributed by atoms with Gasteiger partial charge < -0.3 is 24.4 Å². The third-order valence-electron chi connectivity index (χ3n) is 7.16. The molecule has 0 spiro atoms. The summed E-state index contributed by atoms with van der Waals surface area (Å²) in [5, 5.41) is 14.9. The van der Waals surface area contributed by atoms with Crippen molar-refractivity contribution >= 4 is 27.4 Å². The number of fused-ring (bicyclic) bond motifs is 1. The molecule has 0 bridgehead atoms. The highest BCUT2D eigenvalue weighted by Crippen LogP contribution is 2.37. The zero-order chi connectivity index (χ0) is 30.5. The van der Waals surface area contributed by atoms with E-state index < -0.39 is 45.8 Å². The summed E-state index contributed by atoms with van der Waals surface area (Å²) < 4.78 is 89.8. The first kappa shape index (κ1) is 28.7. The van der Waals surface area contributed by atoms with Crippen LogP contribution in [-0.4, -0.2) is 65.5 Å². The highest BCUT2D eigenvalue weighted by atomic mass is 32.2. The van der Waals surface area contributed by atoms with Gasteiger partial charge >= 0.3 is 12.4 Å². The maximum Gasteiger partial charge on any atom is 0.318 e. The number of sulfone groups is 1. The number of carbonyl (C=O) groups is 1. The van der Waals surface area contributed by atoms with Crippen LogP contribution in [0.1, 0.15) is 30.7 Å². The smallest absolute Gasteiger partial charge is 0.318 e. The fourth-order valence-corrected chi connectivity index (χ4v) is 6.42. The van der Waals surface area contributed by atoms with E-state index in [9.17, 15) is 30.8 Å². The van der Waals surface area contributed by atoms with Crippen LogP contribution in [0, 0.1) is 0 Å². The van der Waals surface area contributed by atoms with Gasteiger partial charge in [-0.05, 0) is 35.9 Å². The molecular weight excluding hydrogens is 598 g/mol. The van der Waals surface area contributed by atoms with Crippen molar-refractivity contribution in [3.8, 4) is 22.9 Å². The Morgan fingerprint density at radius 3 is 2.28 bits per heavy atom. The second-order valence-electron chi connectivity index (χ2n) is 10.2. The molecule has 1 saturated heterocycles. The average molecular weight is 622 g/mol. The van der Waals surface area contributed by atoms with Gasteiger partial charge in [0.2, 0.25) is 17.7 Å². The molecule has 4 heterocycles. The lowest BCUT2D eigenvalue weighted by Gasteiger charge is -2.30. The number of carbonyl (C=O) groups excluding carboxylic acids is 1. The molecule has 1 amide bonds. The largest absolute Gasteiger partial charge is 0.415 e. The molecule has 2 aliphatic heterocycles. The molecule has 0 saturated carbocycles. The van der Waals surface area contributed by atoms with E-state index in [2.05, 4.69) is 20.4 Å². The second-order valence-corrected chi connectivity index (χ2v) is 12.2. The Labute approximate surface area is 241 Å². The van der Waals surface area contributed by atoms with Crippen molar-refractivity contribution in [1.82, 2.24) is 20.4 Å². The molecule has 0 aliphatic carbocycles. The molecular formula is C26H23F4N7O5S. The lowest BCUT2D eigenvalue weighted by Crippen LogP contribution is -2.45. The van der Waals surface area contributed by atoms with E-state index in [1.165, 1.54) is 35.2 Å². The van der Waals surface area contributed by atoms with Gasteiger partial charge in [0, 0.05) is 37.1 Å². The van der Waals surface area contributed by atoms with Crippen LogP contribution in [0.3, 0.4) is 0 Å². The van der Waals surface area contributed by atoms with Crippen LogP contribution in [0.4, 0.5) is 29.3 Å². The number of rotatable bonds is 6. The van der Waals surface area contributed by atoms with Crippen molar-refractivity contribution in [2.75, 3.05) is 28.6 Å². The first-order chi connectivity index (χ1) is 20.4. The first-order valence-corrected chi connectivity index (χ1v) is 14.7. The number of nitrogens with two attached hydrogens (primary N) is 1. The summed E-state index contributed by atoms with van der Waals surface area (Å²) >= 11 is 0. The summed E-state index contributed by atoms with van der Waals surface area (Å²) in [6.07, 6.45) is -3.63. The molecule has 43 heavy (non-hydrogen) atoms. The molecule has 4 aromatic rings. The first-order valence-electron chi connectivity index (χ1n) is 13.0. The number of amides is 1. The molecule has 1 fully saturated rings. The SMILES string of the molecule is N[C@H]1CS(=O)(=O)c2ccc(-c3nnc(N4CCC(F)(F)CC4)o3)cc2N(Cc2ccc(-c3nnc(C(F)F)o3)cc2)C1=O. The van der Waals surface area contributed by atoms with Crippen LogP contribution < -0.4 is 15.5 Å². The second kappa shape index (κ2) is 10.7. The quantitative estimate of drug-likeness (QED) is 0.313. The van der Waals surface area contributed by atoms with Gasteiger partial charge in [0.05, 0.1) is 28.9 Å². The van der Waals surface area contributed by atoms with Crippen molar-refractivity contribution in [2.45, 2.75) is 42.7 Å². The van der Waals surface area contributed by atoms with Gasteiger partial charge in [-0.3, -0.25) is 4.79 Å². The molecule has 0 radical (unpaired) electrons. The molecule has 17 heteroatoms. The number of aromatic nitrogens is 4. The molecule has 6 rings (SSSR count). The summed E-state index contributed by atoms with van der Waals surface area (Å²) in [6.45, 7) is -0.0478. The molecule has 12 nitrogen and oxygen atoms in total. The maximum atomic E-state index is 13.6. The summed E-state index contributed by atoms with van der Waals surface area (Å²) in [5.74, 6) is -4.95. The van der Waals surface area contributed by atoms with Gasteiger partial charge in [-0.2, -0.15) is 8.78 Å². The minimum atomic E-state index is -3.98. The van der Waals surface area contributed by atoms with Crippen LogP contribution >= 0.6 is 0 Å². The van der Waals surface area contributed by atoms with E-state index in [0.717, 1.165) is 0 Å². The minimum Gasteiger partial charge on any atom is -0.415 e. The maximum absolute atomic E-state index is 13.6. The predicted octanol–water partition coefficient (Wildman–Crippen LogP) is 3.61. The number of piperidine rings is 1. The summed E-state index contributed by atoms with van der Waals surface area (Å²) in [6, 6.07) is 9.14. The van der Waals surface area contributed by atoms with Crippen LogP contribution in [-0.2, 0) is 21.2 Å². The number of benzene rings is 2. The Balaban J connectivity index is 1.31. The average Bonchev–Trinajstić information content (AvgIpc) is 3.65. The van der Waals surface area contributed by atoms with Crippen LogP contribution in [0.25, 0.3) is 22.9 Å². The minimum absolute atomic E-state index is 0.000512. The molecule has 226 valence electrons. The summed E-state index contributed by atoms with van der Waals surface area (Å²) in [4.78, 5) is 16.0. The topological polar surface area (TPSA) is 162 Å². The van der Waals surface area contributed by atoms with Crippen LogP contribution in [0.15, 0.2) is 56.2 Å². The zero-order valence-corrected chi connectivity index (χ0v) is 23.0. The highest BCUT2D eigenvalue weighted by molar-refractivity contribution is 7.91. The molecule has 1 atom stereocenters. The molecule has 2 aromatic carbocycles. The van der Waals surface area contributed by atoms with E-state index in [-0.39, 0.29) is 60.9 Å². The van der Waals surface area contributed by atoms with Gasteiger partial charge in [0.25, 0.3) is 11.8 Å². The van der Waals surface area contributed by atoms with Gasteiger partial charge in [-0.15, -0.1) is 15.3 Å². The van der Waals surface area contributed by atoms with Crippen molar-refractivity contribution in [1.29, 1.82) is 0 Å². The van der Waals surface area contributed by atoms with Crippen molar-refractivity contribution in [3.63, 3.8) is 0 Å². The summed E-state index contributed by atoms with van der Waals surface area (Å²) in [7, 11) is -3.98. The number of halogens is 4. The van der Waals surface area contributed by atoms with Crippen molar-refractivity contribution < 1.29 is 39.6 Å². The Morgan fingerprint density at radius 1 is 0.953 bits per heavy atom. The number of alkyl halides is 4. The molecule has 2 aliphatic rings. The normalized spacial score (nSPS) is 19.9. The Bertz CT molecular complexity index is 1770. The van der Waals surface area contributed by atoms with E-state index in [1.54, 1.807) is 17.0 Å². The monoisotopic (exact) mass is 621 g/mol. The molecule has 2 aromatic heterocycles. The molecule has 0 unspecified atom stereocenters. The summed E-state index contributed by atoms with van der Waals surface area (Å²) in [5.41, 5.74) is 7.24. The van der Waals surface area contributed by atoms with Gasteiger partial charge in [0.15, 0.2) is 9.84 Å². The zero-order valence-electron chi connectivity index (χ0n) is 22.2.